The van der Waals surface area contributed by atoms with Crippen molar-refractivity contribution in [3.63, 3.8) is 0 Å². The lowest BCUT2D eigenvalue weighted by molar-refractivity contribution is 0.247. The van der Waals surface area contributed by atoms with Crippen molar-refractivity contribution in [2.45, 2.75) is 12.2 Å². The van der Waals surface area contributed by atoms with Gasteiger partial charge in [0.1, 0.15) is 17.2 Å². The number of ether oxygens (including phenoxy) is 2. The SMILES string of the molecule is N#[N+]c1ccc(OCCCOc2ccccc2)cc1CS(=O)Oc1ccccc1. The van der Waals surface area contributed by atoms with E-state index in [1.165, 1.54) is 0 Å². The van der Waals surface area contributed by atoms with Gasteiger partial charge in [-0.25, -0.2) is 4.21 Å². The standard InChI is InChI=1S/C22H21N2O4S/c23-24-22-13-12-21(27-15-7-14-26-19-8-3-1-4-9-19)16-18(22)17-29(25)28-20-10-5-2-6-11-20/h1-6,8-13,16H,7,14-15,17H2/q+1. The van der Waals surface area contributed by atoms with Crippen LogP contribution in [0, 0.1) is 5.39 Å². The molecular weight excluding hydrogens is 388 g/mol. The number of nitrogens with zero attached hydrogens (tertiary/aromatic N) is 2. The molecule has 3 rings (SSSR count). The summed E-state index contributed by atoms with van der Waals surface area (Å²) in [5.41, 5.74) is 0.898. The Morgan fingerprint density at radius 1 is 0.793 bits per heavy atom. The summed E-state index contributed by atoms with van der Waals surface area (Å²) >= 11 is -1.62. The summed E-state index contributed by atoms with van der Waals surface area (Å²) in [4.78, 5) is 3.25. The predicted octanol–water partition coefficient (Wildman–Crippen LogP) is 5.26. The average molecular weight is 409 g/mol. The molecule has 1 atom stereocenters. The van der Waals surface area contributed by atoms with Gasteiger partial charge in [0.05, 0.1) is 24.5 Å². The third kappa shape index (κ3) is 6.63. The number of hydrogen-bond donors (Lipinski definition) is 0. The van der Waals surface area contributed by atoms with Crippen molar-refractivity contribution in [3.8, 4) is 17.2 Å². The van der Waals surface area contributed by atoms with Gasteiger partial charge in [0.2, 0.25) is 16.5 Å². The first-order valence-electron chi connectivity index (χ1n) is 9.15. The molecule has 0 aromatic heterocycles. The Hall–Kier alpha value is -3.37. The molecule has 148 valence electrons. The van der Waals surface area contributed by atoms with E-state index in [-0.39, 0.29) is 5.75 Å². The van der Waals surface area contributed by atoms with Gasteiger partial charge >= 0.3 is 5.69 Å². The van der Waals surface area contributed by atoms with E-state index in [1.54, 1.807) is 42.5 Å². The van der Waals surface area contributed by atoms with Crippen LogP contribution in [-0.4, -0.2) is 17.4 Å². The van der Waals surface area contributed by atoms with Gasteiger partial charge in [-0.05, 0) is 36.4 Å². The first-order chi connectivity index (χ1) is 14.2. The Balaban J connectivity index is 1.51. The molecule has 0 fully saturated rings. The molecule has 0 radical (unpaired) electrons. The van der Waals surface area contributed by atoms with Crippen molar-refractivity contribution in [1.82, 2.24) is 0 Å². The van der Waals surface area contributed by atoms with Gasteiger partial charge in [-0.15, -0.1) is 0 Å². The lowest BCUT2D eigenvalue weighted by Crippen LogP contribution is -2.06. The van der Waals surface area contributed by atoms with Gasteiger partial charge in [-0.3, -0.25) is 0 Å². The minimum atomic E-state index is -1.62. The van der Waals surface area contributed by atoms with Crippen LogP contribution in [0.5, 0.6) is 17.2 Å². The Kier molecular flexibility index (Phi) is 7.61. The summed E-state index contributed by atoms with van der Waals surface area (Å²) in [7, 11) is 0. The summed E-state index contributed by atoms with van der Waals surface area (Å²) < 4.78 is 29.1. The van der Waals surface area contributed by atoms with Gasteiger partial charge in [0.25, 0.3) is 0 Å². The van der Waals surface area contributed by atoms with Gasteiger partial charge in [-0.2, -0.15) is 0 Å². The summed E-state index contributed by atoms with van der Waals surface area (Å²) in [6, 6.07) is 23.5. The molecule has 0 aliphatic heterocycles. The van der Waals surface area contributed by atoms with Crippen LogP contribution in [0.3, 0.4) is 0 Å². The first-order valence-corrected chi connectivity index (χ1v) is 10.4. The largest absolute Gasteiger partial charge is 0.493 e. The molecule has 0 heterocycles. The molecule has 0 bridgehead atoms. The molecule has 0 amide bonds. The number of hydrogen-bond acceptors (Lipinski definition) is 5. The van der Waals surface area contributed by atoms with Gasteiger partial charge in [0, 0.05) is 12.5 Å². The number of diazo groups is 1. The smallest absolute Gasteiger partial charge is 0.389 e. The van der Waals surface area contributed by atoms with E-state index in [1.807, 2.05) is 36.4 Å². The van der Waals surface area contributed by atoms with Crippen molar-refractivity contribution >= 4 is 16.8 Å². The zero-order valence-corrected chi connectivity index (χ0v) is 16.6. The summed E-state index contributed by atoms with van der Waals surface area (Å²) in [5.74, 6) is 2.01. The fourth-order valence-electron chi connectivity index (χ4n) is 2.56. The zero-order chi connectivity index (χ0) is 20.3. The van der Waals surface area contributed by atoms with E-state index in [9.17, 15) is 9.60 Å². The predicted molar refractivity (Wildman–Crippen MR) is 112 cm³/mol. The molecule has 3 aromatic rings. The van der Waals surface area contributed by atoms with E-state index in [0.29, 0.717) is 42.4 Å². The monoisotopic (exact) mass is 409 g/mol. The van der Waals surface area contributed by atoms with Crippen molar-refractivity contribution < 1.29 is 17.9 Å². The fourth-order valence-corrected chi connectivity index (χ4v) is 3.43. The van der Waals surface area contributed by atoms with Crippen molar-refractivity contribution in [3.05, 3.63) is 89.4 Å². The minimum absolute atomic E-state index is 0.0720. The number of benzene rings is 3. The van der Waals surface area contributed by atoms with Crippen LogP contribution in [0.4, 0.5) is 5.69 Å². The molecule has 7 heteroatoms. The lowest BCUT2D eigenvalue weighted by atomic mass is 10.2. The maximum atomic E-state index is 12.3. The fraction of sp³-hybridized carbons (Fsp3) is 0.182. The molecule has 3 aromatic carbocycles. The maximum Gasteiger partial charge on any atom is 0.389 e. The zero-order valence-electron chi connectivity index (χ0n) is 15.8. The highest BCUT2D eigenvalue weighted by molar-refractivity contribution is 7.79. The highest BCUT2D eigenvalue weighted by Crippen LogP contribution is 2.26. The molecular formula is C22H21N2O4S+. The third-order valence-electron chi connectivity index (χ3n) is 3.93. The van der Waals surface area contributed by atoms with Gasteiger partial charge in [-0.1, -0.05) is 36.4 Å². The van der Waals surface area contributed by atoms with Gasteiger partial charge < -0.3 is 13.7 Å². The first kappa shape index (κ1) is 20.4. The van der Waals surface area contributed by atoms with Crippen LogP contribution in [0.25, 0.3) is 4.98 Å². The molecule has 0 saturated heterocycles. The van der Waals surface area contributed by atoms with Crippen molar-refractivity contribution in [2.24, 2.45) is 0 Å². The molecule has 0 N–H and O–H groups in total. The van der Waals surface area contributed by atoms with Crippen LogP contribution in [0.15, 0.2) is 78.9 Å². The Morgan fingerprint density at radius 2 is 1.41 bits per heavy atom. The highest BCUT2D eigenvalue weighted by Gasteiger charge is 2.18. The van der Waals surface area contributed by atoms with E-state index in [0.717, 1.165) is 5.75 Å². The molecule has 0 spiro atoms. The second kappa shape index (κ2) is 10.8. The lowest BCUT2D eigenvalue weighted by Gasteiger charge is -2.09. The number of para-hydroxylation sites is 2. The molecule has 0 aliphatic rings. The Bertz CT molecular complexity index is 975. The van der Waals surface area contributed by atoms with Crippen LogP contribution >= 0.6 is 0 Å². The van der Waals surface area contributed by atoms with Crippen LogP contribution in [0.2, 0.25) is 0 Å². The van der Waals surface area contributed by atoms with Crippen LogP contribution in [-0.2, 0) is 16.8 Å². The van der Waals surface area contributed by atoms with E-state index in [2.05, 4.69) is 4.98 Å². The Morgan fingerprint density at radius 3 is 2.07 bits per heavy atom. The van der Waals surface area contributed by atoms with E-state index in [4.69, 9.17) is 13.7 Å². The molecule has 29 heavy (non-hydrogen) atoms. The van der Waals surface area contributed by atoms with Crippen molar-refractivity contribution in [2.75, 3.05) is 13.2 Å². The normalized spacial score (nSPS) is 11.3. The molecule has 1 unspecified atom stereocenters. The molecule has 0 saturated carbocycles. The van der Waals surface area contributed by atoms with Crippen molar-refractivity contribution in [1.29, 1.82) is 5.39 Å². The quantitative estimate of drug-likeness (QED) is 0.337. The third-order valence-corrected chi connectivity index (χ3v) is 4.86. The number of rotatable bonds is 10. The topological polar surface area (TPSA) is 72.9 Å². The second-order valence-electron chi connectivity index (χ2n) is 6.10. The minimum Gasteiger partial charge on any atom is -0.493 e. The van der Waals surface area contributed by atoms with E-state index < -0.39 is 11.1 Å². The maximum absolute atomic E-state index is 12.3. The second-order valence-corrected chi connectivity index (χ2v) is 7.16. The summed E-state index contributed by atoms with van der Waals surface area (Å²) in [5, 5.41) is 9.19. The van der Waals surface area contributed by atoms with Crippen LogP contribution in [0.1, 0.15) is 12.0 Å². The summed E-state index contributed by atoms with van der Waals surface area (Å²) in [6.45, 7) is 1.00. The van der Waals surface area contributed by atoms with E-state index >= 15 is 0 Å². The average Bonchev–Trinajstić information content (AvgIpc) is 2.75. The van der Waals surface area contributed by atoms with Gasteiger partial charge in [0.15, 0.2) is 4.98 Å². The highest BCUT2D eigenvalue weighted by atomic mass is 32.2. The van der Waals surface area contributed by atoms with Crippen LogP contribution < -0.4 is 13.7 Å². The molecule has 6 nitrogen and oxygen atoms in total. The Labute approximate surface area is 172 Å². The molecule has 0 aliphatic carbocycles. The summed E-state index contributed by atoms with van der Waals surface area (Å²) in [6.07, 6.45) is 0.708.